The van der Waals surface area contributed by atoms with Crippen LogP contribution in [-0.4, -0.2) is 45.0 Å². The minimum absolute atomic E-state index is 0.116. The van der Waals surface area contributed by atoms with Gasteiger partial charge < -0.3 is 0 Å². The van der Waals surface area contributed by atoms with Gasteiger partial charge >= 0.3 is 151 Å². The normalized spacial score (nSPS) is 23.3. The van der Waals surface area contributed by atoms with E-state index in [0.717, 1.165) is 4.46 Å². The molecule has 5 heteroatoms. The van der Waals surface area contributed by atoms with Crippen molar-refractivity contribution in [2.45, 2.75) is 69.8 Å². The molecule has 1 aliphatic rings. The molecule has 0 spiro atoms. The summed E-state index contributed by atoms with van der Waals surface area (Å²) in [6.07, 6.45) is 0.463. The fraction of sp³-hybridized carbons (Fsp3) is 0.632. The van der Waals surface area contributed by atoms with Crippen molar-refractivity contribution in [2.24, 2.45) is 0 Å². The van der Waals surface area contributed by atoms with Gasteiger partial charge in [-0.05, 0) is 0 Å². The zero-order valence-corrected chi connectivity index (χ0v) is 17.1. The molecule has 4 nitrogen and oxygen atoms in total. The van der Waals surface area contributed by atoms with Gasteiger partial charge in [0, 0.05) is 0 Å². The van der Waals surface area contributed by atoms with Gasteiger partial charge in [-0.25, -0.2) is 0 Å². The summed E-state index contributed by atoms with van der Waals surface area (Å²) in [5.74, 6) is -0.875. The molecule has 0 radical (unpaired) electrons. The number of carbonyl (C=O) groups excluding carboxylic acids is 1. The molecule has 0 unspecified atom stereocenters. The van der Waals surface area contributed by atoms with E-state index >= 15 is 0 Å². The number of carbonyl (C=O) groups is 1. The average molecular weight is 399 g/mol. The summed E-state index contributed by atoms with van der Waals surface area (Å²) in [7, 11) is 0. The van der Waals surface area contributed by atoms with Crippen LogP contribution in [0, 0.1) is 0 Å². The van der Waals surface area contributed by atoms with Crippen molar-refractivity contribution < 1.29 is 19.0 Å². The summed E-state index contributed by atoms with van der Waals surface area (Å²) in [5.41, 5.74) is -0.522. The number of hydrogen-bond donors (Lipinski definition) is 0. The predicted octanol–water partition coefficient (Wildman–Crippen LogP) is 3.08. The molecule has 0 aromatic heterocycles. The van der Waals surface area contributed by atoms with Gasteiger partial charge in [0.25, 0.3) is 0 Å². The van der Waals surface area contributed by atoms with Gasteiger partial charge in [-0.1, -0.05) is 0 Å². The van der Waals surface area contributed by atoms with Gasteiger partial charge in [-0.15, -0.1) is 0 Å². The molecule has 0 amide bonds. The first-order valence-electron chi connectivity index (χ1n) is 8.31. The third kappa shape index (κ3) is 5.06. The Kier molecular flexibility index (Phi) is 5.81. The first kappa shape index (κ1) is 19.5. The summed E-state index contributed by atoms with van der Waals surface area (Å²) in [5, 5.41) is 0. The number of rotatable bonds is 4. The van der Waals surface area contributed by atoms with E-state index in [1.807, 2.05) is 59.7 Å². The van der Waals surface area contributed by atoms with Crippen LogP contribution in [0.2, 0.25) is 4.31 Å². The zero-order chi connectivity index (χ0) is 18.0. The summed E-state index contributed by atoms with van der Waals surface area (Å²) >= 11 is -0.116. The van der Waals surface area contributed by atoms with Crippen LogP contribution in [0.5, 0.6) is 0 Å². The third-order valence-corrected chi connectivity index (χ3v) is 6.60. The standard InChI is InChI=1S/C19H28O4Se/c1-17(2,3)23-16(20)19(6,24-14-10-8-7-9-11-14)15-12-13-21-18(4,5)22-15/h7-11,15H,12-13H2,1-6H3/t15-,19+/m0/s1. The molecule has 1 aliphatic heterocycles. The van der Waals surface area contributed by atoms with E-state index in [1.165, 1.54) is 0 Å². The van der Waals surface area contributed by atoms with Crippen LogP contribution in [0.25, 0.3) is 0 Å². The molecule has 0 bridgehead atoms. The average Bonchev–Trinajstić information content (AvgIpc) is 2.45. The second-order valence-electron chi connectivity index (χ2n) is 7.67. The van der Waals surface area contributed by atoms with Gasteiger partial charge in [0.05, 0.1) is 0 Å². The van der Waals surface area contributed by atoms with Crippen LogP contribution in [-0.2, 0) is 19.0 Å². The van der Waals surface area contributed by atoms with E-state index in [-0.39, 0.29) is 27.0 Å². The zero-order valence-electron chi connectivity index (χ0n) is 15.4. The van der Waals surface area contributed by atoms with Gasteiger partial charge in [0.1, 0.15) is 0 Å². The number of hydrogen-bond acceptors (Lipinski definition) is 4. The molecule has 134 valence electrons. The van der Waals surface area contributed by atoms with E-state index in [1.54, 1.807) is 0 Å². The molecule has 2 atom stereocenters. The Morgan fingerprint density at radius 2 is 1.83 bits per heavy atom. The Labute approximate surface area is 151 Å². The maximum atomic E-state index is 13.1. The molecule has 0 aliphatic carbocycles. The SMILES string of the molecule is CC(C)(C)OC(=O)[C@](C)([Se]c1ccccc1)[C@@H]1CCOC(C)(C)O1. The predicted molar refractivity (Wildman–Crippen MR) is 95.6 cm³/mol. The molecule has 1 fully saturated rings. The van der Waals surface area contributed by atoms with Crippen molar-refractivity contribution in [1.29, 1.82) is 0 Å². The first-order valence-corrected chi connectivity index (χ1v) is 10.0. The van der Waals surface area contributed by atoms with Crippen molar-refractivity contribution in [3.63, 3.8) is 0 Å². The Morgan fingerprint density at radius 1 is 1.21 bits per heavy atom. The summed E-state index contributed by atoms with van der Waals surface area (Å²) < 4.78 is 18.0. The van der Waals surface area contributed by atoms with Gasteiger partial charge in [0.2, 0.25) is 0 Å². The molecule has 1 heterocycles. The second-order valence-corrected chi connectivity index (χ2v) is 10.9. The van der Waals surface area contributed by atoms with Crippen molar-refractivity contribution in [3.05, 3.63) is 30.3 Å². The Hall–Kier alpha value is -0.871. The molecule has 1 saturated heterocycles. The first-order chi connectivity index (χ1) is 11.0. The number of ether oxygens (including phenoxy) is 3. The van der Waals surface area contributed by atoms with E-state index in [2.05, 4.69) is 12.1 Å². The molecule has 0 saturated carbocycles. The quantitative estimate of drug-likeness (QED) is 0.577. The van der Waals surface area contributed by atoms with Crippen LogP contribution in [0.3, 0.4) is 0 Å². The van der Waals surface area contributed by atoms with Crippen molar-refractivity contribution >= 4 is 25.4 Å². The van der Waals surface area contributed by atoms with Crippen molar-refractivity contribution in [2.75, 3.05) is 6.61 Å². The van der Waals surface area contributed by atoms with E-state index < -0.39 is 15.7 Å². The number of esters is 1. The van der Waals surface area contributed by atoms with Crippen LogP contribution < -0.4 is 4.46 Å². The molecule has 1 aromatic carbocycles. The van der Waals surface area contributed by atoms with Gasteiger partial charge in [0.15, 0.2) is 0 Å². The molecular weight excluding hydrogens is 371 g/mol. The van der Waals surface area contributed by atoms with Crippen molar-refractivity contribution in [3.8, 4) is 0 Å². The van der Waals surface area contributed by atoms with Crippen LogP contribution in [0.4, 0.5) is 0 Å². The van der Waals surface area contributed by atoms with E-state index in [9.17, 15) is 4.79 Å². The number of benzene rings is 1. The van der Waals surface area contributed by atoms with E-state index in [0.29, 0.717) is 13.0 Å². The molecular formula is C19H28O4Se. The van der Waals surface area contributed by atoms with E-state index in [4.69, 9.17) is 14.2 Å². The third-order valence-electron chi connectivity index (χ3n) is 3.75. The Balaban J connectivity index is 2.31. The second kappa shape index (κ2) is 7.17. The summed E-state index contributed by atoms with van der Waals surface area (Å²) in [6.45, 7) is 12.0. The molecule has 0 N–H and O–H groups in total. The molecule has 1 aromatic rings. The fourth-order valence-electron chi connectivity index (χ4n) is 2.59. The van der Waals surface area contributed by atoms with Crippen LogP contribution >= 0.6 is 0 Å². The minimum atomic E-state index is -0.706. The van der Waals surface area contributed by atoms with Gasteiger partial charge in [-0.3, -0.25) is 0 Å². The van der Waals surface area contributed by atoms with Crippen molar-refractivity contribution in [1.82, 2.24) is 0 Å². The Morgan fingerprint density at radius 3 is 2.38 bits per heavy atom. The monoisotopic (exact) mass is 400 g/mol. The molecule has 24 heavy (non-hydrogen) atoms. The van der Waals surface area contributed by atoms with Crippen LogP contribution in [0.15, 0.2) is 30.3 Å². The summed E-state index contributed by atoms with van der Waals surface area (Å²) in [4.78, 5) is 13.1. The maximum absolute atomic E-state index is 13.1. The Bertz CT molecular complexity index is 564. The van der Waals surface area contributed by atoms with Gasteiger partial charge in [-0.2, -0.15) is 0 Å². The van der Waals surface area contributed by atoms with Crippen LogP contribution in [0.1, 0.15) is 48.0 Å². The molecule has 2 rings (SSSR count). The summed E-state index contributed by atoms with van der Waals surface area (Å²) in [6, 6.07) is 10.1. The fourth-order valence-corrected chi connectivity index (χ4v) is 5.12. The topological polar surface area (TPSA) is 44.8 Å².